The molecule has 0 aliphatic heterocycles. The molecule has 0 fully saturated rings. The van der Waals surface area contributed by atoms with Crippen molar-refractivity contribution >= 4 is 17.7 Å². The minimum atomic E-state index is -1.11. The van der Waals surface area contributed by atoms with Crippen molar-refractivity contribution in [3.8, 4) is 6.07 Å². The molecule has 0 aliphatic carbocycles. The molecule has 0 saturated carbocycles. The Kier molecular flexibility index (Phi) is 4.93. The van der Waals surface area contributed by atoms with E-state index < -0.39 is 23.5 Å². The highest BCUT2D eigenvalue weighted by atomic mass is 16.4. The molecule has 1 rings (SSSR count). The zero-order valence-electron chi connectivity index (χ0n) is 12.5. The zero-order valence-corrected chi connectivity index (χ0v) is 12.5. The topological polar surface area (TPSA) is 102 Å². The molecular formula is C15H19N3O3. The first-order valence-corrected chi connectivity index (χ1v) is 6.47. The highest BCUT2D eigenvalue weighted by molar-refractivity contribution is 5.93. The van der Waals surface area contributed by atoms with Crippen LogP contribution in [0.4, 0.5) is 10.5 Å². The first-order valence-electron chi connectivity index (χ1n) is 6.47. The van der Waals surface area contributed by atoms with Crippen LogP contribution in [0.2, 0.25) is 0 Å². The monoisotopic (exact) mass is 289 g/mol. The Morgan fingerprint density at radius 3 is 2.43 bits per heavy atom. The molecular weight excluding hydrogens is 270 g/mol. The van der Waals surface area contributed by atoms with Crippen molar-refractivity contribution in [1.29, 1.82) is 5.26 Å². The van der Waals surface area contributed by atoms with Gasteiger partial charge in [-0.1, -0.05) is 32.9 Å². The third kappa shape index (κ3) is 4.21. The van der Waals surface area contributed by atoms with E-state index >= 15 is 0 Å². The summed E-state index contributed by atoms with van der Waals surface area (Å²) in [6.45, 7) is 6.93. The Balaban J connectivity index is 2.91. The molecule has 0 radical (unpaired) electrons. The summed E-state index contributed by atoms with van der Waals surface area (Å²) in [6, 6.07) is 5.40. The van der Waals surface area contributed by atoms with Crippen LogP contribution in [0.15, 0.2) is 18.2 Å². The lowest BCUT2D eigenvalue weighted by molar-refractivity contribution is -0.141. The number of carboxylic acid groups (broad SMARTS) is 1. The maximum Gasteiger partial charge on any atom is 0.326 e. The Bertz CT molecular complexity index is 597. The van der Waals surface area contributed by atoms with Gasteiger partial charge in [-0.25, -0.2) is 9.59 Å². The lowest BCUT2D eigenvalue weighted by Gasteiger charge is -2.27. The summed E-state index contributed by atoms with van der Waals surface area (Å²) in [6.07, 6.45) is 0. The number of anilines is 1. The van der Waals surface area contributed by atoms with Crippen LogP contribution in [-0.2, 0) is 4.79 Å². The summed E-state index contributed by atoms with van der Waals surface area (Å²) in [5, 5.41) is 23.2. The van der Waals surface area contributed by atoms with Gasteiger partial charge in [0, 0.05) is 0 Å². The van der Waals surface area contributed by atoms with Gasteiger partial charge in [0.05, 0.1) is 11.3 Å². The number of hydrogen-bond donors (Lipinski definition) is 3. The van der Waals surface area contributed by atoms with Gasteiger partial charge in [-0.2, -0.15) is 5.26 Å². The molecule has 1 atom stereocenters. The Morgan fingerprint density at radius 2 is 1.95 bits per heavy atom. The zero-order chi connectivity index (χ0) is 16.2. The molecule has 0 aromatic heterocycles. The van der Waals surface area contributed by atoms with E-state index in [1.165, 1.54) is 0 Å². The Morgan fingerprint density at radius 1 is 1.33 bits per heavy atom. The predicted molar refractivity (Wildman–Crippen MR) is 78.9 cm³/mol. The number of carbonyl (C=O) groups excluding carboxylic acids is 1. The number of nitrogens with one attached hydrogen (secondary N) is 2. The van der Waals surface area contributed by atoms with E-state index in [2.05, 4.69) is 10.6 Å². The van der Waals surface area contributed by atoms with Gasteiger partial charge in [0.1, 0.15) is 12.1 Å². The molecule has 112 valence electrons. The lowest BCUT2D eigenvalue weighted by Crippen LogP contribution is -2.50. The summed E-state index contributed by atoms with van der Waals surface area (Å²) in [4.78, 5) is 23.2. The van der Waals surface area contributed by atoms with Crippen molar-refractivity contribution in [2.45, 2.75) is 33.7 Å². The maximum atomic E-state index is 12.0. The summed E-state index contributed by atoms with van der Waals surface area (Å²) < 4.78 is 0. The predicted octanol–water partition coefficient (Wildman–Crippen LogP) is 2.49. The summed E-state index contributed by atoms with van der Waals surface area (Å²) in [5.41, 5.74) is 0.817. The normalized spacial score (nSPS) is 12.1. The second kappa shape index (κ2) is 6.27. The van der Waals surface area contributed by atoms with Gasteiger partial charge in [0.2, 0.25) is 0 Å². The molecule has 2 amide bonds. The molecule has 0 heterocycles. The van der Waals surface area contributed by atoms with Crippen molar-refractivity contribution in [3.63, 3.8) is 0 Å². The molecule has 0 unspecified atom stereocenters. The number of carbonyl (C=O) groups is 2. The minimum absolute atomic E-state index is 0.355. The molecule has 3 N–H and O–H groups in total. The first-order chi connectivity index (χ1) is 9.66. The quantitative estimate of drug-likeness (QED) is 0.795. The van der Waals surface area contributed by atoms with Gasteiger partial charge >= 0.3 is 12.0 Å². The summed E-state index contributed by atoms with van der Waals surface area (Å²) in [7, 11) is 0. The number of carboxylic acids is 1. The van der Waals surface area contributed by atoms with Crippen LogP contribution in [0, 0.1) is 23.7 Å². The van der Waals surface area contributed by atoms with E-state index in [0.29, 0.717) is 11.3 Å². The van der Waals surface area contributed by atoms with Gasteiger partial charge in [0.15, 0.2) is 0 Å². The molecule has 6 nitrogen and oxygen atoms in total. The van der Waals surface area contributed by atoms with Crippen LogP contribution in [0.3, 0.4) is 0 Å². The molecule has 0 saturated heterocycles. The summed E-state index contributed by atoms with van der Waals surface area (Å²) >= 11 is 0. The second-order valence-electron chi connectivity index (χ2n) is 5.85. The lowest BCUT2D eigenvalue weighted by atomic mass is 9.87. The van der Waals surface area contributed by atoms with Crippen molar-refractivity contribution in [1.82, 2.24) is 5.32 Å². The Hall–Kier alpha value is -2.55. The first kappa shape index (κ1) is 16.5. The van der Waals surface area contributed by atoms with Crippen LogP contribution in [0.1, 0.15) is 31.9 Å². The van der Waals surface area contributed by atoms with E-state index in [9.17, 15) is 14.7 Å². The fourth-order valence-corrected chi connectivity index (χ4v) is 1.86. The van der Waals surface area contributed by atoms with E-state index in [-0.39, 0.29) is 0 Å². The number of urea groups is 1. The molecule has 0 spiro atoms. The maximum absolute atomic E-state index is 12.0. The second-order valence-corrected chi connectivity index (χ2v) is 5.85. The fraction of sp³-hybridized carbons (Fsp3) is 0.400. The van der Waals surface area contributed by atoms with Crippen molar-refractivity contribution in [3.05, 3.63) is 29.3 Å². The average Bonchev–Trinajstić information content (AvgIpc) is 2.34. The number of aryl methyl sites for hydroxylation is 1. The highest BCUT2D eigenvalue weighted by Crippen LogP contribution is 2.21. The number of amides is 2. The molecule has 1 aromatic carbocycles. The minimum Gasteiger partial charge on any atom is -0.480 e. The van der Waals surface area contributed by atoms with Gasteiger partial charge in [-0.3, -0.25) is 0 Å². The number of nitriles is 1. The number of benzene rings is 1. The number of aliphatic carboxylic acids is 1. The highest BCUT2D eigenvalue weighted by Gasteiger charge is 2.32. The number of nitrogens with zero attached hydrogens (tertiary/aromatic N) is 1. The molecule has 1 aromatic rings. The van der Waals surface area contributed by atoms with Gasteiger partial charge in [-0.15, -0.1) is 0 Å². The third-order valence-corrected chi connectivity index (χ3v) is 3.02. The van der Waals surface area contributed by atoms with Crippen LogP contribution in [0.25, 0.3) is 0 Å². The Labute approximate surface area is 123 Å². The molecule has 0 bridgehead atoms. The summed E-state index contributed by atoms with van der Waals surface area (Å²) in [5.74, 6) is -1.11. The van der Waals surface area contributed by atoms with Crippen LogP contribution >= 0.6 is 0 Å². The van der Waals surface area contributed by atoms with E-state index in [1.54, 1.807) is 45.9 Å². The smallest absolute Gasteiger partial charge is 0.326 e. The standard InChI is InChI=1S/C15H19N3O3/c1-9-6-5-7-11(10(9)8-16)17-14(21)18-12(13(19)20)15(2,3)4/h5-7,12H,1-4H3,(H,19,20)(H2,17,18,21)/t12-/m0/s1. The van der Waals surface area contributed by atoms with E-state index in [0.717, 1.165) is 5.56 Å². The van der Waals surface area contributed by atoms with Crippen LogP contribution in [0.5, 0.6) is 0 Å². The van der Waals surface area contributed by atoms with Crippen molar-refractivity contribution in [2.75, 3.05) is 5.32 Å². The molecule has 21 heavy (non-hydrogen) atoms. The SMILES string of the molecule is Cc1cccc(NC(=O)N[C@@H](C(=O)O)C(C)(C)C)c1C#N. The average molecular weight is 289 g/mol. The molecule has 6 heteroatoms. The van der Waals surface area contributed by atoms with Crippen molar-refractivity contribution < 1.29 is 14.7 Å². The van der Waals surface area contributed by atoms with Gasteiger partial charge in [0.25, 0.3) is 0 Å². The van der Waals surface area contributed by atoms with Gasteiger partial charge < -0.3 is 15.7 Å². The fourth-order valence-electron chi connectivity index (χ4n) is 1.86. The largest absolute Gasteiger partial charge is 0.480 e. The van der Waals surface area contributed by atoms with Crippen molar-refractivity contribution in [2.24, 2.45) is 5.41 Å². The van der Waals surface area contributed by atoms with Crippen LogP contribution in [-0.4, -0.2) is 23.1 Å². The van der Waals surface area contributed by atoms with Crippen LogP contribution < -0.4 is 10.6 Å². The number of rotatable bonds is 3. The van der Waals surface area contributed by atoms with E-state index in [4.69, 9.17) is 5.26 Å². The van der Waals surface area contributed by atoms with Gasteiger partial charge in [-0.05, 0) is 24.0 Å². The number of hydrogen-bond acceptors (Lipinski definition) is 3. The third-order valence-electron chi connectivity index (χ3n) is 3.02. The molecule has 0 aliphatic rings. The van der Waals surface area contributed by atoms with E-state index in [1.807, 2.05) is 6.07 Å².